The zero-order valence-electron chi connectivity index (χ0n) is 19.0. The zero-order chi connectivity index (χ0) is 21.8. The summed E-state index contributed by atoms with van der Waals surface area (Å²) in [5, 5.41) is 5.83. The highest BCUT2D eigenvalue weighted by molar-refractivity contribution is 6.35. The molecule has 0 bridgehead atoms. The monoisotopic (exact) mass is 427 g/mol. The van der Waals surface area contributed by atoms with Crippen molar-refractivity contribution in [3.8, 4) is 0 Å². The zero-order valence-corrected chi connectivity index (χ0v) is 19.0. The van der Waals surface area contributed by atoms with Gasteiger partial charge in [-0.15, -0.1) is 0 Å². The molecule has 0 aromatic heterocycles. The molecule has 1 aromatic carbocycles. The van der Waals surface area contributed by atoms with Gasteiger partial charge in [0.2, 0.25) is 0 Å². The molecule has 1 saturated carbocycles. The Hall–Kier alpha value is -2.12. The average Bonchev–Trinajstić information content (AvgIpc) is 3.28. The van der Waals surface area contributed by atoms with E-state index in [1.165, 1.54) is 23.2 Å². The van der Waals surface area contributed by atoms with E-state index in [2.05, 4.69) is 57.6 Å². The normalized spacial score (nSPS) is 21.5. The number of benzene rings is 1. The number of aryl methyl sites for hydroxylation is 1. The van der Waals surface area contributed by atoms with Crippen molar-refractivity contribution in [3.63, 3.8) is 0 Å². The molecule has 1 saturated heterocycles. The number of nitrogens with one attached hydrogen (secondary N) is 2. The van der Waals surface area contributed by atoms with Crippen LogP contribution in [0, 0.1) is 0 Å². The molecule has 1 aliphatic carbocycles. The standard InChI is InChI=1S/C24H37N5O2/c1-27-12-14-29(15-13-27)22(17-25-23(30)24(31)26-20-7-3-4-8-20)19-9-10-21-18(16-19)6-5-11-28(21)2/h9-10,16,20,22H,3-8,11-15,17H2,1-2H3,(H,25,30)(H,26,31)/t22-/m0/s1. The summed E-state index contributed by atoms with van der Waals surface area (Å²) >= 11 is 0. The second-order valence-corrected chi connectivity index (χ2v) is 9.43. The fourth-order valence-corrected chi connectivity index (χ4v) is 5.19. The fraction of sp³-hybridized carbons (Fsp3) is 0.667. The summed E-state index contributed by atoms with van der Waals surface area (Å²) in [4.78, 5) is 32.0. The fourth-order valence-electron chi connectivity index (χ4n) is 5.19. The summed E-state index contributed by atoms with van der Waals surface area (Å²) in [7, 11) is 4.30. The molecule has 2 heterocycles. The Bertz CT molecular complexity index is 784. The molecule has 2 amide bonds. The molecule has 1 aromatic rings. The number of piperazine rings is 1. The van der Waals surface area contributed by atoms with Crippen molar-refractivity contribution in [2.75, 3.05) is 58.3 Å². The van der Waals surface area contributed by atoms with Gasteiger partial charge in [0.25, 0.3) is 0 Å². The lowest BCUT2D eigenvalue weighted by molar-refractivity contribution is -0.139. The van der Waals surface area contributed by atoms with Crippen LogP contribution in [0.1, 0.15) is 49.3 Å². The van der Waals surface area contributed by atoms with E-state index in [9.17, 15) is 9.59 Å². The maximum Gasteiger partial charge on any atom is 0.309 e. The average molecular weight is 428 g/mol. The van der Waals surface area contributed by atoms with Crippen LogP contribution < -0.4 is 15.5 Å². The largest absolute Gasteiger partial charge is 0.374 e. The number of rotatable bonds is 5. The van der Waals surface area contributed by atoms with Gasteiger partial charge in [-0.05, 0) is 49.9 Å². The Morgan fingerprint density at radius 3 is 2.48 bits per heavy atom. The summed E-state index contributed by atoms with van der Waals surface area (Å²) in [6.07, 6.45) is 6.49. The van der Waals surface area contributed by atoms with Crippen molar-refractivity contribution < 1.29 is 9.59 Å². The van der Waals surface area contributed by atoms with Crippen molar-refractivity contribution >= 4 is 17.5 Å². The Morgan fingerprint density at radius 2 is 1.74 bits per heavy atom. The lowest BCUT2D eigenvalue weighted by Gasteiger charge is -2.39. The number of carbonyl (C=O) groups is 2. The molecular weight excluding hydrogens is 390 g/mol. The van der Waals surface area contributed by atoms with Crippen LogP contribution in [0.5, 0.6) is 0 Å². The molecule has 31 heavy (non-hydrogen) atoms. The van der Waals surface area contributed by atoms with E-state index in [-0.39, 0.29) is 12.1 Å². The molecule has 0 radical (unpaired) electrons. The minimum absolute atomic E-state index is 0.0782. The minimum atomic E-state index is -0.510. The first kappa shape index (κ1) is 22.1. The van der Waals surface area contributed by atoms with Gasteiger partial charge in [0, 0.05) is 58.0 Å². The second-order valence-electron chi connectivity index (χ2n) is 9.43. The van der Waals surface area contributed by atoms with Crippen LogP contribution in [0.25, 0.3) is 0 Å². The SMILES string of the molecule is CN1CCN([C@@H](CNC(=O)C(=O)NC2CCCC2)c2ccc3c(c2)CCCN3C)CC1. The van der Waals surface area contributed by atoms with E-state index < -0.39 is 11.8 Å². The van der Waals surface area contributed by atoms with Gasteiger partial charge in [0.1, 0.15) is 0 Å². The van der Waals surface area contributed by atoms with Gasteiger partial charge >= 0.3 is 11.8 Å². The van der Waals surface area contributed by atoms with Gasteiger partial charge in [0.05, 0.1) is 6.04 Å². The van der Waals surface area contributed by atoms with Crippen molar-refractivity contribution in [2.24, 2.45) is 0 Å². The highest BCUT2D eigenvalue weighted by Gasteiger charge is 2.27. The predicted octanol–water partition coefficient (Wildman–Crippen LogP) is 1.53. The first-order chi connectivity index (χ1) is 15.0. The second kappa shape index (κ2) is 10.0. The number of hydrogen-bond donors (Lipinski definition) is 2. The van der Waals surface area contributed by atoms with E-state index >= 15 is 0 Å². The molecule has 1 atom stereocenters. The molecule has 7 nitrogen and oxygen atoms in total. The molecule has 0 unspecified atom stereocenters. The Morgan fingerprint density at radius 1 is 1.00 bits per heavy atom. The van der Waals surface area contributed by atoms with E-state index in [1.54, 1.807) is 0 Å². The number of likely N-dealkylation sites (N-methyl/N-ethyl adjacent to an activating group) is 1. The predicted molar refractivity (Wildman–Crippen MR) is 123 cm³/mol. The Labute approximate surface area is 186 Å². The highest BCUT2D eigenvalue weighted by atomic mass is 16.2. The van der Waals surface area contributed by atoms with E-state index in [1.807, 2.05) is 0 Å². The lowest BCUT2D eigenvalue weighted by atomic mass is 9.95. The number of nitrogens with zero attached hydrogens (tertiary/aromatic N) is 3. The van der Waals surface area contributed by atoms with Crippen LogP contribution in [0.4, 0.5) is 5.69 Å². The van der Waals surface area contributed by atoms with Crippen LogP contribution in [0.3, 0.4) is 0 Å². The minimum Gasteiger partial charge on any atom is -0.374 e. The number of fused-ring (bicyclic) bond motifs is 1. The maximum atomic E-state index is 12.5. The summed E-state index contributed by atoms with van der Waals surface area (Å²) in [5.74, 6) is -1.00. The van der Waals surface area contributed by atoms with Crippen LogP contribution in [0.15, 0.2) is 18.2 Å². The van der Waals surface area contributed by atoms with E-state index in [4.69, 9.17) is 0 Å². The van der Waals surface area contributed by atoms with Gasteiger partial charge in [-0.2, -0.15) is 0 Å². The molecule has 2 aliphatic heterocycles. The van der Waals surface area contributed by atoms with Crippen molar-refractivity contribution in [1.82, 2.24) is 20.4 Å². The third-order valence-electron chi connectivity index (χ3n) is 7.17. The molecule has 0 spiro atoms. The van der Waals surface area contributed by atoms with Gasteiger partial charge in [0.15, 0.2) is 0 Å². The number of carbonyl (C=O) groups excluding carboxylic acids is 2. The number of hydrogen-bond acceptors (Lipinski definition) is 5. The third kappa shape index (κ3) is 5.39. The van der Waals surface area contributed by atoms with Crippen LogP contribution in [-0.4, -0.2) is 81.0 Å². The molecule has 170 valence electrons. The van der Waals surface area contributed by atoms with Crippen LogP contribution in [-0.2, 0) is 16.0 Å². The van der Waals surface area contributed by atoms with Crippen LogP contribution >= 0.6 is 0 Å². The van der Waals surface area contributed by atoms with E-state index in [0.29, 0.717) is 6.54 Å². The van der Waals surface area contributed by atoms with Crippen molar-refractivity contribution in [2.45, 2.75) is 50.6 Å². The van der Waals surface area contributed by atoms with Crippen molar-refractivity contribution in [1.29, 1.82) is 0 Å². The summed E-state index contributed by atoms with van der Waals surface area (Å²) in [6.45, 7) is 5.50. The molecule has 3 aliphatic rings. The molecule has 2 N–H and O–H groups in total. The van der Waals surface area contributed by atoms with Gasteiger partial charge in [-0.25, -0.2) is 0 Å². The number of anilines is 1. The van der Waals surface area contributed by atoms with Gasteiger partial charge in [-0.3, -0.25) is 14.5 Å². The Balaban J connectivity index is 1.45. The first-order valence-electron chi connectivity index (χ1n) is 11.9. The topological polar surface area (TPSA) is 67.9 Å². The van der Waals surface area contributed by atoms with Crippen molar-refractivity contribution in [3.05, 3.63) is 29.3 Å². The molecule has 4 rings (SSSR count). The number of amides is 2. The quantitative estimate of drug-likeness (QED) is 0.698. The highest BCUT2D eigenvalue weighted by Crippen LogP contribution is 2.31. The van der Waals surface area contributed by atoms with Crippen LogP contribution in [0.2, 0.25) is 0 Å². The maximum absolute atomic E-state index is 12.5. The van der Waals surface area contributed by atoms with Gasteiger partial charge in [-0.1, -0.05) is 25.0 Å². The lowest BCUT2D eigenvalue weighted by Crippen LogP contribution is -2.50. The molecule has 7 heteroatoms. The smallest absolute Gasteiger partial charge is 0.309 e. The summed E-state index contributed by atoms with van der Waals surface area (Å²) < 4.78 is 0. The first-order valence-corrected chi connectivity index (χ1v) is 11.9. The molecule has 2 fully saturated rings. The summed E-state index contributed by atoms with van der Waals surface area (Å²) in [6, 6.07) is 6.98. The third-order valence-corrected chi connectivity index (χ3v) is 7.17. The van der Waals surface area contributed by atoms with Gasteiger partial charge < -0.3 is 20.4 Å². The summed E-state index contributed by atoms with van der Waals surface area (Å²) in [5.41, 5.74) is 3.93. The van der Waals surface area contributed by atoms with E-state index in [0.717, 1.165) is 64.8 Å². The molecular formula is C24H37N5O2. The Kier molecular flexibility index (Phi) is 7.13.